The summed E-state index contributed by atoms with van der Waals surface area (Å²) >= 11 is 18.8. The van der Waals surface area contributed by atoms with Crippen LogP contribution in [0.4, 0.5) is 5.13 Å². The van der Waals surface area contributed by atoms with Crippen molar-refractivity contribution in [2.75, 3.05) is 11.9 Å². The van der Waals surface area contributed by atoms with Gasteiger partial charge >= 0.3 is 0 Å². The Bertz CT molecular complexity index is 848. The van der Waals surface area contributed by atoms with Crippen molar-refractivity contribution in [3.63, 3.8) is 0 Å². The molecule has 0 bridgehead atoms. The molecule has 4 nitrogen and oxygen atoms in total. The van der Waals surface area contributed by atoms with Crippen molar-refractivity contribution in [2.24, 2.45) is 0 Å². The normalized spacial score (nSPS) is 10.5. The highest BCUT2D eigenvalue weighted by Crippen LogP contribution is 2.24. The van der Waals surface area contributed by atoms with Crippen LogP contribution in [0.25, 0.3) is 11.3 Å². The molecule has 0 atom stereocenters. The molecule has 2 aromatic heterocycles. The predicted molar refractivity (Wildman–Crippen MR) is 110 cm³/mol. The number of nitrogens with one attached hydrogen (secondary N) is 2. The second-order valence-electron chi connectivity index (χ2n) is 5.19. The van der Waals surface area contributed by atoms with Gasteiger partial charge in [0.05, 0.1) is 5.69 Å². The van der Waals surface area contributed by atoms with E-state index in [2.05, 4.69) is 20.6 Å². The highest BCUT2D eigenvalue weighted by molar-refractivity contribution is 7.80. The molecule has 2 N–H and O–H groups in total. The molecule has 0 aliphatic rings. The van der Waals surface area contributed by atoms with E-state index >= 15 is 0 Å². The van der Waals surface area contributed by atoms with Crippen molar-refractivity contribution in [1.82, 2.24) is 15.3 Å². The molecule has 8 heteroatoms. The average Bonchev–Trinajstić information content (AvgIpc) is 3.03. The van der Waals surface area contributed by atoms with Crippen molar-refractivity contribution in [3.8, 4) is 11.3 Å². The van der Waals surface area contributed by atoms with Crippen LogP contribution in [0.2, 0.25) is 10.0 Å². The van der Waals surface area contributed by atoms with E-state index in [4.69, 9.17) is 35.4 Å². The first-order chi connectivity index (χ1) is 12.1. The lowest BCUT2D eigenvalue weighted by Crippen LogP contribution is -2.30. The van der Waals surface area contributed by atoms with Crippen molar-refractivity contribution < 1.29 is 0 Å². The summed E-state index contributed by atoms with van der Waals surface area (Å²) in [6.45, 7) is 0.670. The average molecular weight is 409 g/mol. The van der Waals surface area contributed by atoms with Gasteiger partial charge in [0.2, 0.25) is 0 Å². The molecule has 0 spiro atoms. The Kier molecular flexibility index (Phi) is 6.20. The summed E-state index contributed by atoms with van der Waals surface area (Å²) in [5.41, 5.74) is 2.90. The van der Waals surface area contributed by atoms with Crippen molar-refractivity contribution in [2.45, 2.75) is 6.42 Å². The largest absolute Gasteiger partial charge is 0.362 e. The van der Waals surface area contributed by atoms with E-state index in [-0.39, 0.29) is 0 Å². The molecule has 0 amide bonds. The number of nitrogens with zero attached hydrogens (tertiary/aromatic N) is 2. The van der Waals surface area contributed by atoms with E-state index < -0.39 is 0 Å². The predicted octanol–water partition coefficient (Wildman–Crippen LogP) is 5.04. The Morgan fingerprint density at radius 2 is 2.00 bits per heavy atom. The topological polar surface area (TPSA) is 49.8 Å². The molecule has 1 aromatic carbocycles. The van der Waals surface area contributed by atoms with E-state index in [9.17, 15) is 0 Å². The Hall–Kier alpha value is -1.73. The summed E-state index contributed by atoms with van der Waals surface area (Å²) in [6, 6.07) is 9.36. The maximum atomic E-state index is 6.00. The Morgan fingerprint density at radius 1 is 1.20 bits per heavy atom. The first-order valence-electron chi connectivity index (χ1n) is 7.46. The lowest BCUT2D eigenvalue weighted by molar-refractivity contribution is 0.873. The minimum absolute atomic E-state index is 0.528. The fraction of sp³-hybridized carbons (Fsp3) is 0.118. The molecular weight excluding hydrogens is 395 g/mol. The molecule has 0 radical (unpaired) electrons. The van der Waals surface area contributed by atoms with E-state index in [0.29, 0.717) is 21.7 Å². The van der Waals surface area contributed by atoms with Gasteiger partial charge < -0.3 is 10.6 Å². The lowest BCUT2D eigenvalue weighted by atomic mass is 10.1. The third-order valence-electron chi connectivity index (χ3n) is 3.30. The Balaban J connectivity index is 1.50. The summed E-state index contributed by atoms with van der Waals surface area (Å²) in [7, 11) is 0. The van der Waals surface area contributed by atoms with Gasteiger partial charge in [0.15, 0.2) is 10.2 Å². The molecule has 0 unspecified atom stereocenters. The van der Waals surface area contributed by atoms with E-state index in [1.54, 1.807) is 18.5 Å². The Morgan fingerprint density at radius 3 is 2.72 bits per heavy atom. The van der Waals surface area contributed by atoms with Crippen LogP contribution in [0.5, 0.6) is 0 Å². The van der Waals surface area contributed by atoms with Gasteiger partial charge in [-0.3, -0.25) is 4.98 Å². The molecule has 0 aliphatic carbocycles. The maximum Gasteiger partial charge on any atom is 0.189 e. The number of halogens is 2. The molecule has 0 fully saturated rings. The summed E-state index contributed by atoms with van der Waals surface area (Å²) in [5.74, 6) is 0. The minimum atomic E-state index is 0.528. The zero-order valence-corrected chi connectivity index (χ0v) is 16.1. The summed E-state index contributed by atoms with van der Waals surface area (Å²) in [6.07, 6.45) is 4.29. The number of hydrogen-bond donors (Lipinski definition) is 2. The standard InChI is InChI=1S/C17H14Cl2N4S2/c18-13-6-11(7-14(19)8-13)3-5-21-16(24)23-17-22-15(10-25-17)12-2-1-4-20-9-12/h1-2,4,6-10H,3,5H2,(H2,21,22,23,24). The smallest absolute Gasteiger partial charge is 0.189 e. The molecular formula is C17H14Cl2N4S2. The van der Waals surface area contributed by atoms with E-state index in [1.165, 1.54) is 11.3 Å². The molecule has 0 saturated heterocycles. The van der Waals surface area contributed by atoms with E-state index in [1.807, 2.05) is 29.6 Å². The van der Waals surface area contributed by atoms with Gasteiger partial charge in [0, 0.05) is 39.9 Å². The van der Waals surface area contributed by atoms with Gasteiger partial charge in [-0.05, 0) is 54.5 Å². The molecule has 3 rings (SSSR count). The van der Waals surface area contributed by atoms with Crippen LogP contribution < -0.4 is 10.6 Å². The van der Waals surface area contributed by atoms with Gasteiger partial charge in [-0.15, -0.1) is 11.3 Å². The SMILES string of the molecule is S=C(NCCc1cc(Cl)cc(Cl)c1)Nc1nc(-c2cccnc2)cs1. The van der Waals surface area contributed by atoms with Crippen LogP contribution in [0.1, 0.15) is 5.56 Å². The molecule has 0 aliphatic heterocycles. The van der Waals surface area contributed by atoms with Crippen LogP contribution in [0.3, 0.4) is 0 Å². The number of thiazole rings is 1. The first-order valence-corrected chi connectivity index (χ1v) is 9.50. The number of hydrogen-bond acceptors (Lipinski definition) is 4. The Labute approximate surface area is 165 Å². The molecule has 25 heavy (non-hydrogen) atoms. The zero-order valence-electron chi connectivity index (χ0n) is 13.0. The third-order valence-corrected chi connectivity index (χ3v) is 4.74. The van der Waals surface area contributed by atoms with Crippen molar-refractivity contribution >= 4 is 57.0 Å². The molecule has 0 saturated carbocycles. The molecule has 2 heterocycles. The number of aromatic nitrogens is 2. The van der Waals surface area contributed by atoms with E-state index in [0.717, 1.165) is 28.4 Å². The molecule has 3 aromatic rings. The van der Waals surface area contributed by atoms with Gasteiger partial charge in [-0.2, -0.15) is 0 Å². The monoisotopic (exact) mass is 408 g/mol. The second kappa shape index (κ2) is 8.58. The number of pyridine rings is 1. The van der Waals surface area contributed by atoms with Crippen LogP contribution in [0, 0.1) is 0 Å². The molecule has 128 valence electrons. The zero-order chi connectivity index (χ0) is 17.6. The number of benzene rings is 1. The summed E-state index contributed by atoms with van der Waals surface area (Å²) < 4.78 is 0. The maximum absolute atomic E-state index is 6.00. The number of anilines is 1. The van der Waals surface area contributed by atoms with Crippen molar-refractivity contribution in [3.05, 3.63) is 63.7 Å². The van der Waals surface area contributed by atoms with Crippen LogP contribution in [-0.4, -0.2) is 21.6 Å². The van der Waals surface area contributed by atoms with Crippen LogP contribution >= 0.6 is 46.8 Å². The lowest BCUT2D eigenvalue weighted by Gasteiger charge is -2.09. The van der Waals surface area contributed by atoms with Gasteiger partial charge in [0.1, 0.15) is 0 Å². The van der Waals surface area contributed by atoms with Crippen LogP contribution in [0.15, 0.2) is 48.1 Å². The third kappa shape index (κ3) is 5.37. The summed E-state index contributed by atoms with van der Waals surface area (Å²) in [5, 5.41) is 10.8. The highest BCUT2D eigenvalue weighted by atomic mass is 35.5. The quantitative estimate of drug-likeness (QED) is 0.578. The van der Waals surface area contributed by atoms with Gasteiger partial charge in [-0.25, -0.2) is 4.98 Å². The van der Waals surface area contributed by atoms with Gasteiger partial charge in [-0.1, -0.05) is 23.2 Å². The fourth-order valence-electron chi connectivity index (χ4n) is 2.19. The number of thiocarbonyl (C=S) groups is 1. The van der Waals surface area contributed by atoms with Gasteiger partial charge in [0.25, 0.3) is 0 Å². The minimum Gasteiger partial charge on any atom is -0.362 e. The number of rotatable bonds is 5. The summed E-state index contributed by atoms with van der Waals surface area (Å²) in [4.78, 5) is 8.62. The van der Waals surface area contributed by atoms with Crippen molar-refractivity contribution in [1.29, 1.82) is 0 Å². The fourth-order valence-corrected chi connectivity index (χ4v) is 3.75. The second-order valence-corrected chi connectivity index (χ2v) is 7.33. The first kappa shape index (κ1) is 18.1. The van der Waals surface area contributed by atoms with Crippen LogP contribution in [-0.2, 0) is 6.42 Å². The highest BCUT2D eigenvalue weighted by Gasteiger charge is 2.06.